The Morgan fingerprint density at radius 2 is 2.13 bits per heavy atom. The summed E-state index contributed by atoms with van der Waals surface area (Å²) in [6.07, 6.45) is -0.104. The molecule has 0 N–H and O–H groups in total. The van der Waals surface area contributed by atoms with Gasteiger partial charge in [-0.3, -0.25) is 9.69 Å². The molecule has 1 heterocycles. The van der Waals surface area contributed by atoms with Gasteiger partial charge in [0.15, 0.2) is 0 Å². The predicted molar refractivity (Wildman–Crippen MR) is 57.4 cm³/mol. The molecule has 0 aliphatic carbocycles. The van der Waals surface area contributed by atoms with E-state index in [1.165, 1.54) is 0 Å². The lowest BCUT2D eigenvalue weighted by Crippen LogP contribution is -2.41. The van der Waals surface area contributed by atoms with Crippen molar-refractivity contribution in [2.24, 2.45) is 0 Å². The largest absolute Gasteiger partial charge is 0.455 e. The third-order valence-corrected chi connectivity index (χ3v) is 2.67. The minimum absolute atomic E-state index is 0.104. The summed E-state index contributed by atoms with van der Waals surface area (Å²) in [7, 11) is 0. The summed E-state index contributed by atoms with van der Waals surface area (Å²) in [5.41, 5.74) is 1.07. The van der Waals surface area contributed by atoms with Crippen molar-refractivity contribution in [2.75, 3.05) is 19.6 Å². The van der Waals surface area contributed by atoms with Crippen molar-refractivity contribution in [3.63, 3.8) is 0 Å². The lowest BCUT2D eigenvalue weighted by Gasteiger charge is -2.31. The van der Waals surface area contributed by atoms with Gasteiger partial charge in [0.1, 0.15) is 6.10 Å². The van der Waals surface area contributed by atoms with Crippen LogP contribution in [0.4, 0.5) is 0 Å². The maximum Gasteiger partial charge on any atom is 0.320 e. The highest BCUT2D eigenvalue weighted by Gasteiger charge is 2.26. The van der Waals surface area contributed by atoms with E-state index >= 15 is 0 Å². The van der Waals surface area contributed by atoms with Crippen LogP contribution in [0.2, 0.25) is 0 Å². The highest BCUT2D eigenvalue weighted by atomic mass is 16.5. The van der Waals surface area contributed by atoms with Gasteiger partial charge in [-0.2, -0.15) is 0 Å². The van der Waals surface area contributed by atoms with Crippen LogP contribution in [0.25, 0.3) is 0 Å². The standard InChI is InChI=1S/C12H15NO2/c1-2-13-8-11(15-12(14)9-13)10-6-4-3-5-7-10/h3-7,11H,2,8-9H2,1H3. The first kappa shape index (κ1) is 10.2. The third-order valence-electron chi connectivity index (χ3n) is 2.67. The molecule has 0 spiro atoms. The molecule has 0 radical (unpaired) electrons. The second kappa shape index (κ2) is 4.45. The van der Waals surface area contributed by atoms with Crippen molar-refractivity contribution < 1.29 is 9.53 Å². The lowest BCUT2D eigenvalue weighted by atomic mass is 10.1. The normalized spacial score (nSPS) is 22.5. The fourth-order valence-corrected chi connectivity index (χ4v) is 1.80. The first-order valence-electron chi connectivity index (χ1n) is 5.26. The number of esters is 1. The smallest absolute Gasteiger partial charge is 0.320 e. The maximum absolute atomic E-state index is 11.4. The summed E-state index contributed by atoms with van der Waals surface area (Å²) in [5.74, 6) is -0.128. The molecule has 0 amide bonds. The van der Waals surface area contributed by atoms with E-state index in [1.54, 1.807) is 0 Å². The van der Waals surface area contributed by atoms with Crippen LogP contribution < -0.4 is 0 Å². The van der Waals surface area contributed by atoms with Gasteiger partial charge >= 0.3 is 5.97 Å². The second-order valence-electron chi connectivity index (χ2n) is 3.72. The van der Waals surface area contributed by atoms with Crippen LogP contribution in [-0.4, -0.2) is 30.5 Å². The number of ether oxygens (including phenoxy) is 1. The molecule has 3 heteroatoms. The van der Waals surface area contributed by atoms with Gasteiger partial charge in [-0.25, -0.2) is 0 Å². The lowest BCUT2D eigenvalue weighted by molar-refractivity contribution is -0.159. The molecule has 1 aliphatic heterocycles. The highest BCUT2D eigenvalue weighted by Crippen LogP contribution is 2.22. The van der Waals surface area contributed by atoms with E-state index in [2.05, 4.69) is 11.8 Å². The summed E-state index contributed by atoms with van der Waals surface area (Å²) in [4.78, 5) is 13.5. The fraction of sp³-hybridized carbons (Fsp3) is 0.417. The van der Waals surface area contributed by atoms with Crippen molar-refractivity contribution >= 4 is 5.97 Å². The van der Waals surface area contributed by atoms with Crippen LogP contribution in [0, 0.1) is 0 Å². The van der Waals surface area contributed by atoms with Crippen LogP contribution >= 0.6 is 0 Å². The molecule has 1 aromatic carbocycles. The summed E-state index contributed by atoms with van der Waals surface area (Å²) in [6.45, 7) is 4.16. The Balaban J connectivity index is 2.12. The molecule has 80 valence electrons. The Morgan fingerprint density at radius 3 is 2.80 bits per heavy atom. The average Bonchev–Trinajstić information content (AvgIpc) is 2.29. The van der Waals surface area contributed by atoms with Crippen molar-refractivity contribution in [3.8, 4) is 0 Å². The zero-order valence-corrected chi connectivity index (χ0v) is 8.85. The number of cyclic esters (lactones) is 1. The first-order valence-corrected chi connectivity index (χ1v) is 5.26. The van der Waals surface area contributed by atoms with E-state index < -0.39 is 0 Å². The zero-order chi connectivity index (χ0) is 10.7. The van der Waals surface area contributed by atoms with Gasteiger partial charge in [-0.15, -0.1) is 0 Å². The van der Waals surface area contributed by atoms with Crippen molar-refractivity contribution in [3.05, 3.63) is 35.9 Å². The van der Waals surface area contributed by atoms with Crippen molar-refractivity contribution in [2.45, 2.75) is 13.0 Å². The highest BCUT2D eigenvalue weighted by molar-refractivity contribution is 5.72. The zero-order valence-electron chi connectivity index (χ0n) is 8.85. The van der Waals surface area contributed by atoms with Crippen LogP contribution in [0.3, 0.4) is 0 Å². The van der Waals surface area contributed by atoms with Crippen LogP contribution in [0.5, 0.6) is 0 Å². The number of carbonyl (C=O) groups excluding carboxylic acids is 1. The minimum Gasteiger partial charge on any atom is -0.455 e. The molecule has 3 nitrogen and oxygen atoms in total. The molecule has 0 bridgehead atoms. The summed E-state index contributed by atoms with van der Waals surface area (Å²) >= 11 is 0. The van der Waals surface area contributed by atoms with Gasteiger partial charge in [0.05, 0.1) is 6.54 Å². The minimum atomic E-state index is -0.128. The summed E-state index contributed by atoms with van der Waals surface area (Å²) in [5, 5.41) is 0. The molecular formula is C12H15NO2. The number of benzene rings is 1. The monoisotopic (exact) mass is 205 g/mol. The average molecular weight is 205 g/mol. The third kappa shape index (κ3) is 2.36. The van der Waals surface area contributed by atoms with Gasteiger partial charge in [0, 0.05) is 6.54 Å². The van der Waals surface area contributed by atoms with E-state index in [9.17, 15) is 4.79 Å². The van der Waals surface area contributed by atoms with Crippen LogP contribution in [-0.2, 0) is 9.53 Å². The SMILES string of the molecule is CCN1CC(=O)OC(c2ccccc2)C1. The Labute approximate surface area is 89.7 Å². The predicted octanol–water partition coefficient (Wildman–Crippen LogP) is 1.61. The number of carbonyl (C=O) groups is 1. The topological polar surface area (TPSA) is 29.5 Å². The van der Waals surface area contributed by atoms with E-state index in [0.29, 0.717) is 6.54 Å². The van der Waals surface area contributed by atoms with Gasteiger partial charge in [0.2, 0.25) is 0 Å². The molecule has 1 aromatic rings. The molecular weight excluding hydrogens is 190 g/mol. The van der Waals surface area contributed by atoms with Gasteiger partial charge in [-0.05, 0) is 12.1 Å². The summed E-state index contributed by atoms with van der Waals surface area (Å²) in [6, 6.07) is 9.89. The van der Waals surface area contributed by atoms with E-state index in [1.807, 2.05) is 30.3 Å². The number of morpholine rings is 1. The molecule has 1 atom stereocenters. The maximum atomic E-state index is 11.4. The fourth-order valence-electron chi connectivity index (χ4n) is 1.80. The Morgan fingerprint density at radius 1 is 1.40 bits per heavy atom. The second-order valence-corrected chi connectivity index (χ2v) is 3.72. The molecule has 0 aromatic heterocycles. The molecule has 1 unspecified atom stereocenters. The Bertz CT molecular complexity index is 337. The van der Waals surface area contributed by atoms with E-state index in [0.717, 1.165) is 18.7 Å². The Kier molecular flexibility index (Phi) is 3.02. The number of rotatable bonds is 2. The number of nitrogens with zero attached hydrogens (tertiary/aromatic N) is 1. The molecule has 15 heavy (non-hydrogen) atoms. The number of hydrogen-bond donors (Lipinski definition) is 0. The van der Waals surface area contributed by atoms with Crippen molar-refractivity contribution in [1.82, 2.24) is 4.90 Å². The van der Waals surface area contributed by atoms with Crippen LogP contribution in [0.15, 0.2) is 30.3 Å². The molecule has 1 aliphatic rings. The first-order chi connectivity index (χ1) is 7.29. The van der Waals surface area contributed by atoms with Gasteiger partial charge < -0.3 is 4.74 Å². The Hall–Kier alpha value is -1.35. The quantitative estimate of drug-likeness (QED) is 0.687. The molecule has 2 rings (SSSR count). The van der Waals surface area contributed by atoms with Crippen molar-refractivity contribution in [1.29, 1.82) is 0 Å². The van der Waals surface area contributed by atoms with Gasteiger partial charge in [-0.1, -0.05) is 37.3 Å². The summed E-state index contributed by atoms with van der Waals surface area (Å²) < 4.78 is 5.32. The molecule has 1 fully saturated rings. The van der Waals surface area contributed by atoms with E-state index in [4.69, 9.17) is 4.74 Å². The molecule has 0 saturated carbocycles. The van der Waals surface area contributed by atoms with E-state index in [-0.39, 0.29) is 12.1 Å². The number of hydrogen-bond acceptors (Lipinski definition) is 3. The van der Waals surface area contributed by atoms with Gasteiger partial charge in [0.25, 0.3) is 0 Å². The molecule has 1 saturated heterocycles. The van der Waals surface area contributed by atoms with Crippen LogP contribution in [0.1, 0.15) is 18.6 Å². The number of likely N-dealkylation sites (N-methyl/N-ethyl adjacent to an activating group) is 1.